The molecule has 5 nitrogen and oxygen atoms in total. The second-order valence-electron chi connectivity index (χ2n) is 4.45. The Morgan fingerprint density at radius 1 is 1.10 bits per heavy atom. The molecule has 2 amide bonds. The lowest BCUT2D eigenvalue weighted by atomic mass is 10.2. The fraction of sp³-hybridized carbons (Fsp3) is 0.0667. The van der Waals surface area contributed by atoms with Gasteiger partial charge in [0.05, 0.1) is 16.3 Å². The number of carbonyl (C=O) groups is 2. The number of rotatable bonds is 3. The summed E-state index contributed by atoms with van der Waals surface area (Å²) in [4.78, 5) is 22.7. The minimum absolute atomic E-state index is 0.0599. The zero-order chi connectivity index (χ0) is 15.4. The molecule has 0 aliphatic heterocycles. The van der Waals surface area contributed by atoms with Crippen molar-refractivity contribution in [1.82, 2.24) is 0 Å². The third-order valence-corrected chi connectivity index (χ3v) is 3.05. The quantitative estimate of drug-likeness (QED) is 0.802. The largest absolute Gasteiger partial charge is 0.478 e. The van der Waals surface area contributed by atoms with E-state index >= 15 is 0 Å². The number of urea groups is 1. The molecule has 0 saturated heterocycles. The molecule has 0 aliphatic rings. The Bertz CT molecular complexity index is 701. The number of nitrogens with one attached hydrogen (secondary N) is 2. The molecule has 3 N–H and O–H groups in total. The van der Waals surface area contributed by atoms with Gasteiger partial charge in [-0.3, -0.25) is 0 Å². The van der Waals surface area contributed by atoms with E-state index in [2.05, 4.69) is 10.6 Å². The van der Waals surface area contributed by atoms with Crippen LogP contribution in [0.25, 0.3) is 0 Å². The van der Waals surface area contributed by atoms with E-state index in [4.69, 9.17) is 16.7 Å². The first kappa shape index (κ1) is 14.9. The van der Waals surface area contributed by atoms with E-state index in [1.54, 1.807) is 6.07 Å². The van der Waals surface area contributed by atoms with Crippen LogP contribution in [0.1, 0.15) is 15.9 Å². The molecular weight excluding hydrogens is 292 g/mol. The van der Waals surface area contributed by atoms with E-state index in [1.165, 1.54) is 18.2 Å². The molecule has 2 rings (SSSR count). The first-order valence-corrected chi connectivity index (χ1v) is 6.51. The number of hydrogen-bond donors (Lipinski definition) is 3. The minimum Gasteiger partial charge on any atom is -0.478 e. The lowest BCUT2D eigenvalue weighted by Crippen LogP contribution is -2.19. The summed E-state index contributed by atoms with van der Waals surface area (Å²) in [6, 6.07) is 11.0. The molecule has 0 radical (unpaired) electrons. The van der Waals surface area contributed by atoms with Gasteiger partial charge in [0.25, 0.3) is 0 Å². The minimum atomic E-state index is -1.08. The van der Waals surface area contributed by atoms with Crippen LogP contribution in [0.5, 0.6) is 0 Å². The highest BCUT2D eigenvalue weighted by Gasteiger charge is 2.09. The lowest BCUT2D eigenvalue weighted by Gasteiger charge is -2.10. The number of carboxylic acid groups (broad SMARTS) is 1. The molecule has 0 bridgehead atoms. The van der Waals surface area contributed by atoms with Gasteiger partial charge in [-0.2, -0.15) is 0 Å². The summed E-state index contributed by atoms with van der Waals surface area (Å²) in [5, 5.41) is 14.2. The number of hydrogen-bond acceptors (Lipinski definition) is 2. The summed E-state index contributed by atoms with van der Waals surface area (Å²) in [6.45, 7) is 1.92. The van der Waals surface area contributed by atoms with Gasteiger partial charge in [-0.05, 0) is 42.8 Å². The predicted octanol–water partition coefficient (Wildman–Crippen LogP) is 3.99. The molecule has 0 saturated carbocycles. The molecule has 0 atom stereocenters. The van der Waals surface area contributed by atoms with Crippen LogP contribution in [-0.4, -0.2) is 17.1 Å². The fourth-order valence-electron chi connectivity index (χ4n) is 1.76. The maximum atomic E-state index is 11.9. The standard InChI is InChI=1S/C15H13ClN2O3/c1-9-3-2-4-11(7-9)17-15(21)18-13-6-5-10(14(19)20)8-12(13)16/h2-8H,1H3,(H,19,20)(H2,17,18,21). The molecule has 2 aromatic carbocycles. The van der Waals surface area contributed by atoms with Gasteiger partial charge in [-0.1, -0.05) is 23.7 Å². The van der Waals surface area contributed by atoms with E-state index < -0.39 is 12.0 Å². The van der Waals surface area contributed by atoms with Gasteiger partial charge in [0.15, 0.2) is 0 Å². The van der Waals surface area contributed by atoms with E-state index in [9.17, 15) is 9.59 Å². The Morgan fingerprint density at radius 2 is 1.86 bits per heavy atom. The van der Waals surface area contributed by atoms with Crippen LogP contribution in [0.3, 0.4) is 0 Å². The maximum Gasteiger partial charge on any atom is 0.335 e. The normalized spacial score (nSPS) is 10.0. The Morgan fingerprint density at radius 3 is 2.48 bits per heavy atom. The zero-order valence-corrected chi connectivity index (χ0v) is 11.9. The Labute approximate surface area is 126 Å². The van der Waals surface area contributed by atoms with Crippen molar-refractivity contribution in [3.63, 3.8) is 0 Å². The zero-order valence-electron chi connectivity index (χ0n) is 11.2. The van der Waals surface area contributed by atoms with Gasteiger partial charge in [0.1, 0.15) is 0 Å². The number of aryl methyl sites for hydroxylation is 1. The average molecular weight is 305 g/mol. The summed E-state index contributed by atoms with van der Waals surface area (Å²) < 4.78 is 0. The summed E-state index contributed by atoms with van der Waals surface area (Å²) in [6.07, 6.45) is 0. The van der Waals surface area contributed by atoms with Crippen molar-refractivity contribution in [1.29, 1.82) is 0 Å². The van der Waals surface area contributed by atoms with Crippen LogP contribution in [0, 0.1) is 6.92 Å². The van der Waals surface area contributed by atoms with Crippen molar-refractivity contribution < 1.29 is 14.7 Å². The Kier molecular flexibility index (Phi) is 4.45. The first-order chi connectivity index (χ1) is 9.95. The summed E-state index contributed by atoms with van der Waals surface area (Å²) in [5.41, 5.74) is 2.08. The Balaban J connectivity index is 2.08. The number of benzene rings is 2. The molecule has 6 heteroatoms. The number of halogens is 1. The first-order valence-electron chi connectivity index (χ1n) is 6.13. The van der Waals surface area contributed by atoms with Crippen LogP contribution in [0.4, 0.5) is 16.2 Å². The fourth-order valence-corrected chi connectivity index (χ4v) is 1.98. The van der Waals surface area contributed by atoms with Crippen molar-refractivity contribution in [3.8, 4) is 0 Å². The van der Waals surface area contributed by atoms with Gasteiger partial charge in [0, 0.05) is 5.69 Å². The van der Waals surface area contributed by atoms with Gasteiger partial charge in [-0.25, -0.2) is 9.59 Å². The molecule has 0 unspecified atom stereocenters. The van der Waals surface area contributed by atoms with Crippen LogP contribution in [0.2, 0.25) is 5.02 Å². The molecule has 0 spiro atoms. The third kappa shape index (κ3) is 3.97. The summed E-state index contributed by atoms with van der Waals surface area (Å²) >= 11 is 5.94. The number of aromatic carboxylic acids is 1. The van der Waals surface area contributed by atoms with Gasteiger partial charge in [-0.15, -0.1) is 0 Å². The molecule has 0 fully saturated rings. The monoisotopic (exact) mass is 304 g/mol. The van der Waals surface area contributed by atoms with Crippen molar-refractivity contribution in [3.05, 3.63) is 58.6 Å². The highest BCUT2D eigenvalue weighted by atomic mass is 35.5. The van der Waals surface area contributed by atoms with Crippen LogP contribution in [0.15, 0.2) is 42.5 Å². The number of anilines is 2. The molecule has 108 valence electrons. The van der Waals surface area contributed by atoms with Gasteiger partial charge >= 0.3 is 12.0 Å². The Hall–Kier alpha value is -2.53. The number of amides is 2. The summed E-state index contributed by atoms with van der Waals surface area (Å²) in [5.74, 6) is -1.08. The molecule has 0 heterocycles. The van der Waals surface area contributed by atoms with Crippen molar-refractivity contribution >= 4 is 35.0 Å². The molecule has 0 aromatic heterocycles. The van der Waals surface area contributed by atoms with Gasteiger partial charge < -0.3 is 15.7 Å². The maximum absolute atomic E-state index is 11.9. The van der Waals surface area contributed by atoms with E-state index in [0.29, 0.717) is 11.4 Å². The average Bonchev–Trinajstić information content (AvgIpc) is 2.40. The molecule has 0 aliphatic carbocycles. The lowest BCUT2D eigenvalue weighted by molar-refractivity contribution is 0.0697. The van der Waals surface area contributed by atoms with Crippen LogP contribution in [-0.2, 0) is 0 Å². The highest BCUT2D eigenvalue weighted by Crippen LogP contribution is 2.23. The van der Waals surface area contributed by atoms with Crippen LogP contribution < -0.4 is 10.6 Å². The molecule has 21 heavy (non-hydrogen) atoms. The smallest absolute Gasteiger partial charge is 0.335 e. The SMILES string of the molecule is Cc1cccc(NC(=O)Nc2ccc(C(=O)O)cc2Cl)c1. The summed E-state index contributed by atoms with van der Waals surface area (Å²) in [7, 11) is 0. The number of carboxylic acids is 1. The predicted molar refractivity (Wildman–Crippen MR) is 82.2 cm³/mol. The molecular formula is C15H13ClN2O3. The second-order valence-corrected chi connectivity index (χ2v) is 4.86. The highest BCUT2D eigenvalue weighted by molar-refractivity contribution is 6.34. The van der Waals surface area contributed by atoms with Crippen molar-refractivity contribution in [2.45, 2.75) is 6.92 Å². The van der Waals surface area contributed by atoms with E-state index in [-0.39, 0.29) is 10.6 Å². The van der Waals surface area contributed by atoms with Crippen molar-refractivity contribution in [2.75, 3.05) is 10.6 Å². The third-order valence-electron chi connectivity index (χ3n) is 2.74. The molecule has 2 aromatic rings. The van der Waals surface area contributed by atoms with Crippen LogP contribution >= 0.6 is 11.6 Å². The van der Waals surface area contributed by atoms with E-state index in [1.807, 2.05) is 25.1 Å². The second kappa shape index (κ2) is 6.28. The van der Waals surface area contributed by atoms with E-state index in [0.717, 1.165) is 5.56 Å². The topological polar surface area (TPSA) is 78.4 Å². The van der Waals surface area contributed by atoms with Gasteiger partial charge in [0.2, 0.25) is 0 Å². The van der Waals surface area contributed by atoms with Crippen molar-refractivity contribution in [2.24, 2.45) is 0 Å². The number of carbonyl (C=O) groups excluding carboxylic acids is 1.